The van der Waals surface area contributed by atoms with Crippen LogP contribution in [0.25, 0.3) is 0 Å². The fraction of sp³-hybridized carbons (Fsp3) is 0.0952. The molecule has 2 heterocycles. The van der Waals surface area contributed by atoms with E-state index in [-0.39, 0.29) is 11.3 Å². The molecule has 3 aromatic rings. The molecular formula is C21H15N3O5S. The highest BCUT2D eigenvalue weighted by molar-refractivity contribution is 7.15. The molecule has 1 aliphatic rings. The molecule has 0 atom stereocenters. The highest BCUT2D eigenvalue weighted by atomic mass is 32.1. The van der Waals surface area contributed by atoms with Crippen LogP contribution in [0.15, 0.2) is 54.7 Å². The number of nitrogens with zero attached hydrogens (tertiary/aromatic N) is 2. The largest absolute Gasteiger partial charge is 0.452 e. The minimum absolute atomic E-state index is 0.113. The Balaban J connectivity index is 1.44. The van der Waals surface area contributed by atoms with E-state index in [0.717, 1.165) is 9.78 Å². The number of aryl methyl sites for hydroxylation is 1. The van der Waals surface area contributed by atoms with Gasteiger partial charge in [0.25, 0.3) is 17.7 Å². The number of aromatic nitrogens is 1. The van der Waals surface area contributed by atoms with Crippen LogP contribution in [0, 0.1) is 6.92 Å². The summed E-state index contributed by atoms with van der Waals surface area (Å²) in [4.78, 5) is 55.5. The van der Waals surface area contributed by atoms with E-state index in [1.807, 2.05) is 6.92 Å². The quantitative estimate of drug-likeness (QED) is 0.501. The summed E-state index contributed by atoms with van der Waals surface area (Å²) in [5, 5.41) is 2.96. The summed E-state index contributed by atoms with van der Waals surface area (Å²) in [7, 11) is 0. The van der Waals surface area contributed by atoms with Gasteiger partial charge in [0.15, 0.2) is 11.7 Å². The van der Waals surface area contributed by atoms with Gasteiger partial charge in [0, 0.05) is 11.1 Å². The second-order valence-electron chi connectivity index (χ2n) is 6.44. The van der Waals surface area contributed by atoms with Crippen molar-refractivity contribution >= 4 is 45.8 Å². The van der Waals surface area contributed by atoms with Gasteiger partial charge in [0.1, 0.15) is 0 Å². The van der Waals surface area contributed by atoms with Gasteiger partial charge in [0.05, 0.1) is 22.4 Å². The molecule has 4 rings (SSSR count). The lowest BCUT2D eigenvalue weighted by molar-refractivity contribution is -0.119. The Labute approximate surface area is 175 Å². The molecule has 9 heteroatoms. The second kappa shape index (κ2) is 7.88. The van der Waals surface area contributed by atoms with Crippen molar-refractivity contribution in [3.8, 4) is 0 Å². The van der Waals surface area contributed by atoms with Gasteiger partial charge in [-0.1, -0.05) is 18.2 Å². The van der Waals surface area contributed by atoms with E-state index in [2.05, 4.69) is 10.3 Å². The molecule has 0 spiro atoms. The number of esters is 1. The molecular weight excluding hydrogens is 406 g/mol. The number of carbonyl (C=O) groups excluding carboxylic acids is 4. The fourth-order valence-electron chi connectivity index (χ4n) is 2.98. The van der Waals surface area contributed by atoms with Gasteiger partial charge in [-0.3, -0.25) is 19.7 Å². The summed E-state index contributed by atoms with van der Waals surface area (Å²) in [5.41, 5.74) is 0.981. The highest BCUT2D eigenvalue weighted by Gasteiger charge is 2.36. The lowest BCUT2D eigenvalue weighted by Crippen LogP contribution is -2.29. The first-order chi connectivity index (χ1) is 14.4. The van der Waals surface area contributed by atoms with Crippen molar-refractivity contribution < 1.29 is 23.9 Å². The summed E-state index contributed by atoms with van der Waals surface area (Å²) < 4.78 is 5.04. The van der Waals surface area contributed by atoms with Gasteiger partial charge < -0.3 is 4.74 Å². The molecule has 0 bridgehead atoms. The maximum atomic E-state index is 12.6. The van der Waals surface area contributed by atoms with Crippen molar-refractivity contribution in [1.82, 2.24) is 4.98 Å². The predicted octanol–water partition coefficient (Wildman–Crippen LogP) is 3.05. The van der Waals surface area contributed by atoms with Crippen LogP contribution in [-0.4, -0.2) is 35.3 Å². The third-order valence-corrected chi connectivity index (χ3v) is 5.16. The number of amides is 3. The number of anilines is 2. The number of hydrogen-bond acceptors (Lipinski definition) is 7. The normalized spacial score (nSPS) is 12.6. The molecule has 3 amide bonds. The number of thiazole rings is 1. The van der Waals surface area contributed by atoms with E-state index in [9.17, 15) is 19.2 Å². The topological polar surface area (TPSA) is 106 Å². The molecule has 1 N–H and O–H groups in total. The summed E-state index contributed by atoms with van der Waals surface area (Å²) in [5.74, 6) is -2.19. The van der Waals surface area contributed by atoms with Gasteiger partial charge in [-0.15, -0.1) is 11.3 Å². The number of benzene rings is 2. The second-order valence-corrected chi connectivity index (χ2v) is 7.68. The Kier molecular flexibility index (Phi) is 5.11. The average Bonchev–Trinajstić information content (AvgIpc) is 3.27. The Bertz CT molecular complexity index is 1150. The monoisotopic (exact) mass is 421 g/mol. The van der Waals surface area contributed by atoms with Crippen molar-refractivity contribution in [1.29, 1.82) is 0 Å². The molecule has 0 aliphatic carbocycles. The molecule has 150 valence electrons. The van der Waals surface area contributed by atoms with E-state index in [0.29, 0.717) is 16.3 Å². The number of carbonyl (C=O) groups is 4. The third kappa shape index (κ3) is 3.70. The molecule has 8 nitrogen and oxygen atoms in total. The number of rotatable bonds is 5. The van der Waals surface area contributed by atoms with Crippen LogP contribution < -0.4 is 10.2 Å². The standard InChI is InChI=1S/C21H15N3O5S/c1-12-10-22-21(30-12)23-17(25)11-29-20(28)13-5-4-6-14(9-13)24-18(26)15-7-2-3-8-16(15)19(24)27/h2-10H,11H2,1H3,(H,22,23,25). The Morgan fingerprint density at radius 1 is 1.07 bits per heavy atom. The zero-order valence-electron chi connectivity index (χ0n) is 15.7. The summed E-state index contributed by atoms with van der Waals surface area (Å²) >= 11 is 1.31. The summed E-state index contributed by atoms with van der Waals surface area (Å²) in [6, 6.07) is 12.5. The Morgan fingerprint density at radius 2 is 1.77 bits per heavy atom. The van der Waals surface area contributed by atoms with Gasteiger partial charge in [-0.05, 0) is 37.3 Å². The minimum atomic E-state index is -0.751. The molecule has 0 radical (unpaired) electrons. The van der Waals surface area contributed by atoms with Crippen LogP contribution in [0.1, 0.15) is 36.0 Å². The zero-order chi connectivity index (χ0) is 21.3. The molecule has 1 aliphatic heterocycles. The van der Waals surface area contributed by atoms with E-state index < -0.39 is 30.3 Å². The molecule has 0 fully saturated rings. The van der Waals surface area contributed by atoms with Crippen molar-refractivity contribution in [2.45, 2.75) is 6.92 Å². The SMILES string of the molecule is Cc1cnc(NC(=O)COC(=O)c2cccc(N3C(=O)c4ccccc4C3=O)c2)s1. The number of imide groups is 1. The van der Waals surface area contributed by atoms with Crippen LogP contribution in [0.5, 0.6) is 0 Å². The molecule has 1 aromatic heterocycles. The van der Waals surface area contributed by atoms with Gasteiger partial charge in [0.2, 0.25) is 0 Å². The third-order valence-electron chi connectivity index (χ3n) is 4.34. The van der Waals surface area contributed by atoms with Gasteiger partial charge in [-0.2, -0.15) is 0 Å². The number of nitrogens with one attached hydrogen (secondary N) is 1. The maximum absolute atomic E-state index is 12.6. The lowest BCUT2D eigenvalue weighted by atomic mass is 10.1. The number of fused-ring (bicyclic) bond motifs is 1. The van der Waals surface area contributed by atoms with Crippen molar-refractivity contribution in [2.75, 3.05) is 16.8 Å². The molecule has 0 saturated heterocycles. The fourth-order valence-corrected chi connectivity index (χ4v) is 3.66. The Hall–Kier alpha value is -3.85. The van der Waals surface area contributed by atoms with Crippen LogP contribution in [0.4, 0.5) is 10.8 Å². The van der Waals surface area contributed by atoms with Crippen LogP contribution >= 0.6 is 11.3 Å². The summed E-state index contributed by atoms with van der Waals surface area (Å²) in [6.07, 6.45) is 1.62. The highest BCUT2D eigenvalue weighted by Crippen LogP contribution is 2.28. The van der Waals surface area contributed by atoms with Crippen molar-refractivity contribution in [3.05, 3.63) is 76.3 Å². The summed E-state index contributed by atoms with van der Waals surface area (Å²) in [6.45, 7) is 1.36. The van der Waals surface area contributed by atoms with E-state index >= 15 is 0 Å². The smallest absolute Gasteiger partial charge is 0.338 e. The van der Waals surface area contributed by atoms with Crippen molar-refractivity contribution in [2.24, 2.45) is 0 Å². The van der Waals surface area contributed by atoms with Gasteiger partial charge in [-0.25, -0.2) is 14.7 Å². The molecule has 2 aromatic carbocycles. The molecule has 0 saturated carbocycles. The van der Waals surface area contributed by atoms with Crippen LogP contribution in [0.2, 0.25) is 0 Å². The van der Waals surface area contributed by atoms with Gasteiger partial charge >= 0.3 is 5.97 Å². The van der Waals surface area contributed by atoms with E-state index in [4.69, 9.17) is 4.74 Å². The Morgan fingerprint density at radius 3 is 2.40 bits per heavy atom. The average molecular weight is 421 g/mol. The first kappa shape index (κ1) is 19.5. The van der Waals surface area contributed by atoms with Crippen LogP contribution in [-0.2, 0) is 9.53 Å². The first-order valence-corrected chi connectivity index (χ1v) is 9.73. The number of hydrogen-bond donors (Lipinski definition) is 1. The molecule has 30 heavy (non-hydrogen) atoms. The predicted molar refractivity (Wildman–Crippen MR) is 110 cm³/mol. The minimum Gasteiger partial charge on any atom is -0.452 e. The van der Waals surface area contributed by atoms with E-state index in [1.165, 1.54) is 29.5 Å². The number of ether oxygens (including phenoxy) is 1. The van der Waals surface area contributed by atoms with E-state index in [1.54, 1.807) is 36.5 Å². The van der Waals surface area contributed by atoms with Crippen LogP contribution in [0.3, 0.4) is 0 Å². The lowest BCUT2D eigenvalue weighted by Gasteiger charge is -2.14. The van der Waals surface area contributed by atoms with Crippen molar-refractivity contribution in [3.63, 3.8) is 0 Å². The molecule has 0 unspecified atom stereocenters. The zero-order valence-corrected chi connectivity index (χ0v) is 16.6. The maximum Gasteiger partial charge on any atom is 0.338 e. The first-order valence-electron chi connectivity index (χ1n) is 8.91.